The molecule has 1 unspecified atom stereocenters. The number of hydrogen-bond acceptors (Lipinski definition) is 1. The van der Waals surface area contributed by atoms with Crippen molar-refractivity contribution >= 4 is 34.2 Å². The molecule has 0 saturated heterocycles. The number of benzene rings is 2. The van der Waals surface area contributed by atoms with Crippen LogP contribution in [0.5, 0.6) is 0 Å². The van der Waals surface area contributed by atoms with Crippen molar-refractivity contribution < 1.29 is 4.39 Å². The molecule has 1 nitrogen and oxygen atoms in total. The molecular weight excluding hydrogens is 352 g/mol. The van der Waals surface area contributed by atoms with Crippen molar-refractivity contribution in [1.29, 1.82) is 0 Å². The molecule has 0 aliphatic rings. The molecule has 0 aromatic heterocycles. The lowest BCUT2D eigenvalue weighted by Gasteiger charge is -2.14. The van der Waals surface area contributed by atoms with Crippen LogP contribution in [0.1, 0.15) is 17.2 Å². The van der Waals surface area contributed by atoms with Crippen molar-refractivity contribution in [3.05, 3.63) is 68.0 Å². The predicted octanol–water partition coefficient (Wildman–Crippen LogP) is 4.13. The summed E-state index contributed by atoms with van der Waals surface area (Å²) in [6.07, 6.45) is 0. The van der Waals surface area contributed by atoms with E-state index in [0.717, 1.165) is 14.7 Å². The van der Waals surface area contributed by atoms with Crippen LogP contribution in [0.25, 0.3) is 0 Å². The van der Waals surface area contributed by atoms with Crippen LogP contribution in [0, 0.1) is 9.39 Å². The first kappa shape index (κ1) is 12.8. The minimum absolute atomic E-state index is 0.282. The maximum absolute atomic E-state index is 13.1. The van der Waals surface area contributed by atoms with E-state index in [0.29, 0.717) is 5.02 Å². The highest BCUT2D eigenvalue weighted by molar-refractivity contribution is 14.1. The highest BCUT2D eigenvalue weighted by Crippen LogP contribution is 2.27. The van der Waals surface area contributed by atoms with Crippen molar-refractivity contribution in [1.82, 2.24) is 0 Å². The number of halogens is 3. The van der Waals surface area contributed by atoms with Crippen LogP contribution >= 0.6 is 34.2 Å². The molecule has 0 saturated carbocycles. The van der Waals surface area contributed by atoms with Crippen LogP contribution in [0.4, 0.5) is 4.39 Å². The summed E-state index contributed by atoms with van der Waals surface area (Å²) in [4.78, 5) is 0. The largest absolute Gasteiger partial charge is 0.320 e. The van der Waals surface area contributed by atoms with Crippen LogP contribution in [-0.2, 0) is 0 Å². The number of rotatable bonds is 2. The Kier molecular flexibility index (Phi) is 4.01. The summed E-state index contributed by atoms with van der Waals surface area (Å²) in [5.41, 5.74) is 7.77. The van der Waals surface area contributed by atoms with Gasteiger partial charge in [-0.15, -0.1) is 0 Å². The number of hydrogen-bond donors (Lipinski definition) is 1. The monoisotopic (exact) mass is 361 g/mol. The first-order chi connectivity index (χ1) is 8.08. The Bertz CT molecular complexity index is 545. The highest BCUT2D eigenvalue weighted by Gasteiger charge is 2.13. The lowest BCUT2D eigenvalue weighted by atomic mass is 10.00. The Morgan fingerprint density at radius 3 is 2.65 bits per heavy atom. The first-order valence-electron chi connectivity index (χ1n) is 5.04. The van der Waals surface area contributed by atoms with Gasteiger partial charge in [-0.2, -0.15) is 0 Å². The molecule has 0 fully saturated rings. The molecule has 2 aromatic carbocycles. The average Bonchev–Trinajstić information content (AvgIpc) is 2.31. The lowest BCUT2D eigenvalue weighted by molar-refractivity contribution is 0.623. The summed E-state index contributed by atoms with van der Waals surface area (Å²) in [5.74, 6) is -0.282. The van der Waals surface area contributed by atoms with Gasteiger partial charge in [0.15, 0.2) is 0 Å². The van der Waals surface area contributed by atoms with Gasteiger partial charge >= 0.3 is 0 Å². The molecule has 2 aromatic rings. The molecule has 4 heteroatoms. The van der Waals surface area contributed by atoms with Gasteiger partial charge in [0.2, 0.25) is 0 Å². The Morgan fingerprint density at radius 2 is 1.94 bits per heavy atom. The minimum atomic E-state index is -0.365. The Hall–Kier alpha value is -0.650. The third-order valence-corrected chi connectivity index (χ3v) is 3.72. The van der Waals surface area contributed by atoms with Crippen LogP contribution in [0.15, 0.2) is 42.5 Å². The third-order valence-electron chi connectivity index (χ3n) is 2.50. The summed E-state index contributed by atoms with van der Waals surface area (Å²) >= 11 is 8.14. The van der Waals surface area contributed by atoms with Gasteiger partial charge in [0, 0.05) is 8.59 Å². The second kappa shape index (κ2) is 5.33. The van der Waals surface area contributed by atoms with Gasteiger partial charge in [-0.05, 0) is 64.0 Å². The summed E-state index contributed by atoms with van der Waals surface area (Å²) < 4.78 is 14.2. The zero-order valence-corrected chi connectivity index (χ0v) is 11.7. The molecule has 0 bridgehead atoms. The van der Waals surface area contributed by atoms with Crippen LogP contribution in [-0.4, -0.2) is 0 Å². The molecule has 17 heavy (non-hydrogen) atoms. The summed E-state index contributed by atoms with van der Waals surface area (Å²) in [7, 11) is 0. The molecule has 0 radical (unpaired) electrons. The standard InChI is InChI=1S/C13H10ClFIN/c14-9-4-5-12(16)11(7-9)13(17)8-2-1-3-10(15)6-8/h1-7,13H,17H2. The van der Waals surface area contributed by atoms with E-state index in [9.17, 15) is 4.39 Å². The quantitative estimate of drug-likeness (QED) is 0.800. The molecule has 88 valence electrons. The van der Waals surface area contributed by atoms with Gasteiger partial charge in [0.1, 0.15) is 5.82 Å². The second-order valence-corrected chi connectivity index (χ2v) is 5.30. The third kappa shape index (κ3) is 2.97. The van der Waals surface area contributed by atoms with E-state index in [1.807, 2.05) is 24.3 Å². The molecule has 0 spiro atoms. The van der Waals surface area contributed by atoms with Crippen LogP contribution in [0.2, 0.25) is 5.02 Å². The van der Waals surface area contributed by atoms with Crippen molar-refractivity contribution in [3.63, 3.8) is 0 Å². The van der Waals surface area contributed by atoms with Gasteiger partial charge in [0.05, 0.1) is 6.04 Å². The fraction of sp³-hybridized carbons (Fsp3) is 0.0769. The summed E-state index contributed by atoms with van der Waals surface area (Å²) in [6.45, 7) is 0. The molecular formula is C13H10ClFIN. The second-order valence-electron chi connectivity index (χ2n) is 3.70. The van der Waals surface area contributed by atoms with Gasteiger partial charge < -0.3 is 5.73 Å². The van der Waals surface area contributed by atoms with Crippen molar-refractivity contribution in [2.24, 2.45) is 5.73 Å². The van der Waals surface area contributed by atoms with Crippen LogP contribution < -0.4 is 5.73 Å². The topological polar surface area (TPSA) is 26.0 Å². The average molecular weight is 362 g/mol. The Labute approximate surface area is 118 Å². The fourth-order valence-corrected chi connectivity index (χ4v) is 2.48. The van der Waals surface area contributed by atoms with Crippen molar-refractivity contribution in [2.45, 2.75) is 6.04 Å². The molecule has 2 rings (SSSR count). The Balaban J connectivity index is 2.43. The molecule has 0 aliphatic heterocycles. The number of nitrogens with two attached hydrogens (primary N) is 1. The maximum atomic E-state index is 13.1. The van der Waals surface area contributed by atoms with E-state index in [4.69, 9.17) is 17.3 Å². The predicted molar refractivity (Wildman–Crippen MR) is 76.6 cm³/mol. The van der Waals surface area contributed by atoms with E-state index in [1.54, 1.807) is 6.07 Å². The van der Waals surface area contributed by atoms with E-state index in [-0.39, 0.29) is 11.9 Å². The fourth-order valence-electron chi connectivity index (χ4n) is 1.63. The SMILES string of the molecule is NC(c1cccc(F)c1)c1cc(Cl)ccc1I. The summed E-state index contributed by atoms with van der Waals surface area (Å²) in [5, 5.41) is 0.632. The van der Waals surface area contributed by atoms with Gasteiger partial charge in [-0.1, -0.05) is 23.7 Å². The van der Waals surface area contributed by atoms with Gasteiger partial charge in [-0.25, -0.2) is 4.39 Å². The van der Waals surface area contributed by atoms with Gasteiger partial charge in [-0.3, -0.25) is 0 Å². The Morgan fingerprint density at radius 1 is 1.18 bits per heavy atom. The normalized spacial score (nSPS) is 12.5. The maximum Gasteiger partial charge on any atom is 0.123 e. The van der Waals surface area contributed by atoms with E-state index < -0.39 is 0 Å². The zero-order valence-electron chi connectivity index (χ0n) is 8.83. The smallest absolute Gasteiger partial charge is 0.123 e. The molecule has 0 amide bonds. The molecule has 2 N–H and O–H groups in total. The molecule has 0 aliphatic carbocycles. The van der Waals surface area contributed by atoms with Gasteiger partial charge in [0.25, 0.3) is 0 Å². The van der Waals surface area contributed by atoms with Crippen LogP contribution in [0.3, 0.4) is 0 Å². The molecule has 0 heterocycles. The first-order valence-corrected chi connectivity index (χ1v) is 6.49. The van der Waals surface area contributed by atoms with E-state index in [2.05, 4.69) is 22.6 Å². The summed E-state index contributed by atoms with van der Waals surface area (Å²) in [6, 6.07) is 11.5. The van der Waals surface area contributed by atoms with Crippen molar-refractivity contribution in [2.75, 3.05) is 0 Å². The van der Waals surface area contributed by atoms with E-state index in [1.165, 1.54) is 12.1 Å². The molecule has 1 atom stereocenters. The minimum Gasteiger partial charge on any atom is -0.320 e. The highest BCUT2D eigenvalue weighted by atomic mass is 127. The zero-order chi connectivity index (χ0) is 12.4. The lowest BCUT2D eigenvalue weighted by Crippen LogP contribution is -2.13. The van der Waals surface area contributed by atoms with E-state index >= 15 is 0 Å². The van der Waals surface area contributed by atoms with Crippen molar-refractivity contribution in [3.8, 4) is 0 Å².